The van der Waals surface area contributed by atoms with Crippen molar-refractivity contribution in [2.45, 2.75) is 0 Å². The van der Waals surface area contributed by atoms with Gasteiger partial charge in [0.2, 0.25) is 0 Å². The van der Waals surface area contributed by atoms with E-state index in [9.17, 15) is 0 Å². The van der Waals surface area contributed by atoms with E-state index in [0.717, 1.165) is 78.2 Å². The fraction of sp³-hybridized carbons (Fsp3) is 0. The van der Waals surface area contributed by atoms with E-state index in [1.54, 1.807) is 0 Å². The quantitative estimate of drug-likeness (QED) is 0.199. The second kappa shape index (κ2) is 11.7. The topological polar surface area (TPSA) is 50.5 Å². The number of hydrogen-bond donors (Lipinski definition) is 0. The lowest BCUT2D eigenvalue weighted by Gasteiger charge is -2.18. The first-order valence-corrected chi connectivity index (χ1v) is 16.1. The van der Waals surface area contributed by atoms with Gasteiger partial charge in [-0.2, -0.15) is 0 Å². The molecular formula is C44H28N4. The van der Waals surface area contributed by atoms with Crippen molar-refractivity contribution in [1.82, 2.24) is 9.97 Å². The summed E-state index contributed by atoms with van der Waals surface area (Å²) < 4.78 is 0. The molecule has 2 aromatic heterocycles. The molecule has 3 heterocycles. The normalized spacial score (nSPS) is 12.4. The Labute approximate surface area is 278 Å². The van der Waals surface area contributed by atoms with Gasteiger partial charge in [0.1, 0.15) is 11.4 Å². The first kappa shape index (κ1) is 27.8. The molecule has 0 fully saturated rings. The van der Waals surface area contributed by atoms with E-state index in [0.29, 0.717) is 0 Å². The number of pyridine rings is 2. The van der Waals surface area contributed by atoms with Crippen LogP contribution in [0.2, 0.25) is 0 Å². The molecular weight excluding hydrogens is 585 g/mol. The Morgan fingerprint density at radius 2 is 0.625 bits per heavy atom. The summed E-state index contributed by atoms with van der Waals surface area (Å²) in [6.45, 7) is 0. The minimum Gasteiger partial charge on any atom is -0.244 e. The molecule has 8 aromatic rings. The van der Waals surface area contributed by atoms with E-state index >= 15 is 0 Å². The van der Waals surface area contributed by atoms with Gasteiger partial charge in [0.05, 0.1) is 33.8 Å². The van der Waals surface area contributed by atoms with Gasteiger partial charge in [0, 0.05) is 21.9 Å². The van der Waals surface area contributed by atoms with Crippen LogP contribution in [0.5, 0.6) is 0 Å². The average Bonchev–Trinajstić information content (AvgIpc) is 3.16. The summed E-state index contributed by atoms with van der Waals surface area (Å²) in [4.78, 5) is 21.3. The lowest BCUT2D eigenvalue weighted by molar-refractivity contribution is 1.27. The Morgan fingerprint density at radius 3 is 1.04 bits per heavy atom. The van der Waals surface area contributed by atoms with Crippen LogP contribution in [0.4, 0.5) is 11.4 Å². The van der Waals surface area contributed by atoms with Gasteiger partial charge in [-0.3, -0.25) is 0 Å². The zero-order valence-corrected chi connectivity index (χ0v) is 26.0. The number of aromatic nitrogens is 2. The molecule has 1 aliphatic rings. The van der Waals surface area contributed by atoms with Crippen molar-refractivity contribution in [2.75, 3.05) is 0 Å². The van der Waals surface area contributed by atoms with E-state index in [1.807, 2.05) is 48.5 Å². The van der Waals surface area contributed by atoms with Crippen molar-refractivity contribution >= 4 is 44.6 Å². The van der Waals surface area contributed by atoms with Crippen molar-refractivity contribution in [3.63, 3.8) is 0 Å². The first-order chi connectivity index (χ1) is 23.8. The molecule has 48 heavy (non-hydrogen) atoms. The number of fused-ring (bicyclic) bond motifs is 4. The zero-order valence-electron chi connectivity index (χ0n) is 26.0. The molecule has 0 saturated carbocycles. The highest BCUT2D eigenvalue weighted by molar-refractivity contribution is 6.22. The number of benzene rings is 6. The lowest BCUT2D eigenvalue weighted by atomic mass is 9.97. The molecule has 0 radical (unpaired) electrons. The van der Waals surface area contributed by atoms with Crippen molar-refractivity contribution in [2.24, 2.45) is 9.98 Å². The molecule has 0 spiro atoms. The molecule has 0 saturated heterocycles. The second-order valence-corrected chi connectivity index (χ2v) is 11.9. The molecule has 4 heteroatoms. The first-order valence-electron chi connectivity index (χ1n) is 16.1. The average molecular weight is 613 g/mol. The molecule has 6 aromatic carbocycles. The number of nitrogens with zero attached hydrogens (tertiary/aromatic N) is 4. The van der Waals surface area contributed by atoms with Crippen molar-refractivity contribution < 1.29 is 0 Å². The molecule has 9 rings (SSSR count). The summed E-state index contributed by atoms with van der Waals surface area (Å²) in [5, 5.41) is 2.04. The third kappa shape index (κ3) is 5.06. The Morgan fingerprint density at radius 1 is 0.292 bits per heavy atom. The molecule has 0 atom stereocenters. The molecule has 4 nitrogen and oxygen atoms in total. The highest BCUT2D eigenvalue weighted by Gasteiger charge is 2.24. The standard InChI is InChI=1S/C44H28N4/c1-3-11-29(12-4-1)31-19-23-33(24-20-31)41-43-39(27-35-15-7-9-17-37(35)45-43)48-42(34-25-21-32(22-26-34)30-13-5-2-6-14-30)44-40(47-41)28-36-16-8-10-18-38(36)46-44/h1-28H. The maximum Gasteiger partial charge on any atom is 0.116 e. The van der Waals surface area contributed by atoms with Gasteiger partial charge < -0.3 is 0 Å². The molecule has 0 N–H and O–H groups in total. The van der Waals surface area contributed by atoms with Gasteiger partial charge in [-0.15, -0.1) is 0 Å². The van der Waals surface area contributed by atoms with Crippen molar-refractivity contribution in [3.05, 3.63) is 192 Å². The number of aliphatic imine (C=N–C) groups is 2. The summed E-state index contributed by atoms with van der Waals surface area (Å²) in [5.74, 6) is 0. The van der Waals surface area contributed by atoms with Crippen LogP contribution in [0.3, 0.4) is 0 Å². The highest BCUT2D eigenvalue weighted by atomic mass is 14.9. The van der Waals surface area contributed by atoms with Crippen LogP contribution < -0.4 is 0 Å². The third-order valence-corrected chi connectivity index (χ3v) is 8.85. The molecule has 0 aliphatic carbocycles. The maximum atomic E-state index is 5.42. The predicted molar refractivity (Wildman–Crippen MR) is 198 cm³/mol. The third-order valence-electron chi connectivity index (χ3n) is 8.85. The Balaban J connectivity index is 1.29. The van der Waals surface area contributed by atoms with Gasteiger partial charge in [-0.05, 0) is 46.5 Å². The minimum atomic E-state index is 0.735. The minimum absolute atomic E-state index is 0.735. The number of hydrogen-bond acceptors (Lipinski definition) is 4. The van der Waals surface area contributed by atoms with Crippen LogP contribution in [-0.2, 0) is 0 Å². The fourth-order valence-corrected chi connectivity index (χ4v) is 6.38. The molecule has 1 aliphatic heterocycles. The molecule has 0 amide bonds. The summed E-state index contributed by atoms with van der Waals surface area (Å²) in [5.41, 5.74) is 12.8. The van der Waals surface area contributed by atoms with Gasteiger partial charge in [0.25, 0.3) is 0 Å². The molecule has 224 valence electrons. The summed E-state index contributed by atoms with van der Waals surface area (Å²) in [7, 11) is 0. The largest absolute Gasteiger partial charge is 0.244 e. The van der Waals surface area contributed by atoms with Crippen molar-refractivity contribution in [1.29, 1.82) is 0 Å². The van der Waals surface area contributed by atoms with E-state index in [4.69, 9.17) is 20.0 Å². The van der Waals surface area contributed by atoms with E-state index in [1.165, 1.54) is 11.1 Å². The van der Waals surface area contributed by atoms with Crippen LogP contribution in [0, 0.1) is 0 Å². The summed E-state index contributed by atoms with van der Waals surface area (Å²) in [6.07, 6.45) is 0. The SMILES string of the molecule is c1ccc(-c2ccc(C3=Nc4cc5ccccc5nc4C(c4ccc(-c5ccccc5)cc4)=Nc4cc5ccccc5nc43)cc2)cc1. The van der Waals surface area contributed by atoms with Crippen LogP contribution in [0.25, 0.3) is 44.1 Å². The van der Waals surface area contributed by atoms with Gasteiger partial charge in [-0.25, -0.2) is 20.0 Å². The van der Waals surface area contributed by atoms with E-state index in [2.05, 4.69) is 121 Å². The van der Waals surface area contributed by atoms with Crippen LogP contribution in [-0.4, -0.2) is 21.4 Å². The smallest absolute Gasteiger partial charge is 0.116 e. The van der Waals surface area contributed by atoms with Gasteiger partial charge in [-0.1, -0.05) is 146 Å². The zero-order chi connectivity index (χ0) is 31.9. The Bertz CT molecular complexity index is 2340. The van der Waals surface area contributed by atoms with Crippen molar-refractivity contribution in [3.8, 4) is 22.3 Å². The summed E-state index contributed by atoms with van der Waals surface area (Å²) >= 11 is 0. The van der Waals surface area contributed by atoms with E-state index < -0.39 is 0 Å². The number of rotatable bonds is 4. The Kier molecular flexibility index (Phi) is 6.76. The van der Waals surface area contributed by atoms with Crippen LogP contribution in [0.1, 0.15) is 22.5 Å². The van der Waals surface area contributed by atoms with Crippen LogP contribution >= 0.6 is 0 Å². The number of para-hydroxylation sites is 2. The van der Waals surface area contributed by atoms with Gasteiger partial charge >= 0.3 is 0 Å². The van der Waals surface area contributed by atoms with Crippen LogP contribution in [0.15, 0.2) is 180 Å². The lowest BCUT2D eigenvalue weighted by Crippen LogP contribution is -2.13. The predicted octanol–water partition coefficient (Wildman–Crippen LogP) is 10.8. The van der Waals surface area contributed by atoms with E-state index in [-0.39, 0.29) is 0 Å². The summed E-state index contributed by atoms with van der Waals surface area (Å²) in [6, 6.07) is 58.5. The van der Waals surface area contributed by atoms with Gasteiger partial charge in [0.15, 0.2) is 0 Å². The second-order valence-electron chi connectivity index (χ2n) is 11.9. The molecule has 0 unspecified atom stereocenters. The highest BCUT2D eigenvalue weighted by Crippen LogP contribution is 2.36. The maximum absolute atomic E-state index is 5.42. The molecule has 0 bridgehead atoms. The monoisotopic (exact) mass is 612 g/mol. The fourth-order valence-electron chi connectivity index (χ4n) is 6.38. The Hall–Kier alpha value is -6.52.